The highest BCUT2D eigenvalue weighted by atomic mass is 16.6. The zero-order chi connectivity index (χ0) is 31.0. The number of benzene rings is 5. The van der Waals surface area contributed by atoms with E-state index < -0.39 is 5.60 Å². The van der Waals surface area contributed by atoms with Gasteiger partial charge in [0.25, 0.3) is 0 Å². The number of carbonyl (C=O) groups excluding carboxylic acids is 2. The largest absolute Gasteiger partial charge is 0.462 e. The molecule has 4 nitrogen and oxygen atoms in total. The summed E-state index contributed by atoms with van der Waals surface area (Å²) in [5.41, 5.74) is 0.265. The van der Waals surface area contributed by atoms with E-state index in [-0.39, 0.29) is 29.9 Å². The summed E-state index contributed by atoms with van der Waals surface area (Å²) in [5.74, 6) is 1.18. The summed E-state index contributed by atoms with van der Waals surface area (Å²) in [4.78, 5) is 26.4. The van der Waals surface area contributed by atoms with Crippen LogP contribution >= 0.6 is 0 Å². The van der Waals surface area contributed by atoms with Gasteiger partial charge in [-0.15, -0.1) is 0 Å². The van der Waals surface area contributed by atoms with Crippen molar-refractivity contribution >= 4 is 55.0 Å². The van der Waals surface area contributed by atoms with Crippen molar-refractivity contribution in [2.45, 2.75) is 71.5 Å². The number of ether oxygens (including phenoxy) is 2. The average Bonchev–Trinajstić information content (AvgIpc) is 3.01. The quantitative estimate of drug-likeness (QED) is 0.144. The Hall–Kier alpha value is -3.92. The molecule has 1 unspecified atom stereocenters. The predicted octanol–water partition coefficient (Wildman–Crippen LogP) is 9.72. The van der Waals surface area contributed by atoms with Gasteiger partial charge in [-0.2, -0.15) is 0 Å². The van der Waals surface area contributed by atoms with Crippen molar-refractivity contribution in [1.82, 2.24) is 0 Å². The zero-order valence-electron chi connectivity index (χ0n) is 26.7. The molecule has 1 atom stereocenters. The van der Waals surface area contributed by atoms with Gasteiger partial charge in [0, 0.05) is 0 Å². The van der Waals surface area contributed by atoms with Crippen molar-refractivity contribution in [1.29, 1.82) is 0 Å². The van der Waals surface area contributed by atoms with Gasteiger partial charge in [-0.3, -0.25) is 9.59 Å². The summed E-state index contributed by atoms with van der Waals surface area (Å²) in [6.07, 6.45) is 4.66. The third-order valence-corrected chi connectivity index (χ3v) is 11.6. The van der Waals surface area contributed by atoms with Gasteiger partial charge >= 0.3 is 11.9 Å². The molecule has 0 saturated heterocycles. The monoisotopic (exact) mass is 598 g/mol. The first-order chi connectivity index (χ1) is 21.7. The Labute approximate surface area is 265 Å². The Kier molecular flexibility index (Phi) is 6.71. The van der Waals surface area contributed by atoms with E-state index in [2.05, 4.69) is 78.9 Å². The Balaban J connectivity index is 1.02. The van der Waals surface area contributed by atoms with E-state index in [1.54, 1.807) is 0 Å². The van der Waals surface area contributed by atoms with E-state index in [4.69, 9.17) is 9.47 Å². The molecule has 4 saturated carbocycles. The highest BCUT2D eigenvalue weighted by molar-refractivity contribution is 6.08. The summed E-state index contributed by atoms with van der Waals surface area (Å²) in [6.45, 7) is 8.02. The molecule has 5 aromatic carbocycles. The first-order valence-corrected chi connectivity index (χ1v) is 16.9. The molecule has 0 aromatic heterocycles. The molecule has 4 fully saturated rings. The Bertz CT molecular complexity index is 1960. The van der Waals surface area contributed by atoms with Crippen LogP contribution in [0.15, 0.2) is 78.9 Å². The molecule has 4 heteroatoms. The highest BCUT2D eigenvalue weighted by Crippen LogP contribution is 2.58. The molecule has 9 rings (SSSR count). The third-order valence-electron chi connectivity index (χ3n) is 11.6. The minimum atomic E-state index is -0.744. The predicted molar refractivity (Wildman–Crippen MR) is 181 cm³/mol. The van der Waals surface area contributed by atoms with Crippen molar-refractivity contribution in [2.75, 3.05) is 0 Å². The van der Waals surface area contributed by atoms with Crippen LogP contribution in [0.2, 0.25) is 0 Å². The summed E-state index contributed by atoms with van der Waals surface area (Å²) >= 11 is 0. The number of rotatable bonds is 6. The van der Waals surface area contributed by atoms with E-state index in [1.807, 2.05) is 27.7 Å². The fraction of sp³-hybridized carbons (Fsp3) is 0.415. The number of hydrogen-bond donors (Lipinski definition) is 0. The molecule has 45 heavy (non-hydrogen) atoms. The van der Waals surface area contributed by atoms with Gasteiger partial charge in [0.1, 0.15) is 11.7 Å². The highest BCUT2D eigenvalue weighted by Gasteiger charge is 2.57. The molecule has 4 aliphatic rings. The van der Waals surface area contributed by atoms with Crippen molar-refractivity contribution < 1.29 is 19.1 Å². The Morgan fingerprint density at radius 3 is 1.67 bits per heavy atom. The molecule has 4 aliphatic carbocycles. The lowest BCUT2D eigenvalue weighted by atomic mass is 9.50. The maximum atomic E-state index is 13.9. The zero-order valence-corrected chi connectivity index (χ0v) is 26.7. The average molecular weight is 599 g/mol. The first-order valence-electron chi connectivity index (χ1n) is 16.9. The van der Waals surface area contributed by atoms with E-state index >= 15 is 0 Å². The van der Waals surface area contributed by atoms with Crippen LogP contribution < -0.4 is 0 Å². The number of hydrogen-bond acceptors (Lipinski definition) is 4. The standard InChI is InChI=1S/C41H42O4/c1-5-23(2)39(42)44-38-34-18-32-19-35(38)21-33(20-34)37(32)40(43)45-41(3,4)36-11-10-26-14-29-15-27-12-24-8-6-7-9-25(24)13-28(27)16-30(29)17-31(26)22-36/h6-17,22-23,32-35,37-38H,5,18-21H2,1-4H3. The molecule has 0 N–H and O–H groups in total. The van der Waals surface area contributed by atoms with Gasteiger partial charge in [0.15, 0.2) is 0 Å². The van der Waals surface area contributed by atoms with Gasteiger partial charge in [0.05, 0.1) is 11.8 Å². The van der Waals surface area contributed by atoms with E-state index in [9.17, 15) is 9.59 Å². The van der Waals surface area contributed by atoms with Gasteiger partial charge < -0.3 is 9.47 Å². The second-order valence-corrected chi connectivity index (χ2v) is 14.8. The molecule has 230 valence electrons. The van der Waals surface area contributed by atoms with Crippen LogP contribution in [0.25, 0.3) is 43.1 Å². The maximum Gasteiger partial charge on any atom is 0.310 e. The van der Waals surface area contributed by atoms with Gasteiger partial charge in [-0.25, -0.2) is 0 Å². The first kappa shape index (κ1) is 28.5. The molecule has 0 radical (unpaired) electrons. The lowest BCUT2D eigenvalue weighted by molar-refractivity contribution is -0.195. The molecular weight excluding hydrogens is 556 g/mol. The van der Waals surface area contributed by atoms with Crippen LogP contribution in [0.1, 0.15) is 65.4 Å². The molecule has 0 aliphatic heterocycles. The summed E-state index contributed by atoms with van der Waals surface area (Å²) in [5, 5.41) is 9.75. The van der Waals surface area contributed by atoms with Gasteiger partial charge in [0.2, 0.25) is 0 Å². The van der Waals surface area contributed by atoms with Crippen molar-refractivity contribution in [2.24, 2.45) is 35.5 Å². The van der Waals surface area contributed by atoms with Gasteiger partial charge in [-0.1, -0.05) is 50.2 Å². The normalized spacial score (nSPS) is 26.5. The Morgan fingerprint density at radius 2 is 1.16 bits per heavy atom. The van der Waals surface area contributed by atoms with Crippen molar-refractivity contribution in [3.05, 3.63) is 84.4 Å². The second-order valence-electron chi connectivity index (χ2n) is 14.8. The van der Waals surface area contributed by atoms with E-state index in [0.29, 0.717) is 23.7 Å². The maximum absolute atomic E-state index is 13.9. The summed E-state index contributed by atoms with van der Waals surface area (Å²) < 4.78 is 12.5. The van der Waals surface area contributed by atoms with Crippen LogP contribution in [0.5, 0.6) is 0 Å². The van der Waals surface area contributed by atoms with Crippen molar-refractivity contribution in [3.8, 4) is 0 Å². The minimum absolute atomic E-state index is 0.0263. The fourth-order valence-corrected chi connectivity index (χ4v) is 9.02. The summed E-state index contributed by atoms with van der Waals surface area (Å²) in [6, 6.07) is 28.6. The van der Waals surface area contributed by atoms with E-state index in [1.165, 1.54) is 37.7 Å². The molecule has 5 aromatic rings. The number of carbonyl (C=O) groups is 2. The number of fused-ring (bicyclic) bond motifs is 4. The van der Waals surface area contributed by atoms with Crippen LogP contribution in [0.4, 0.5) is 0 Å². The van der Waals surface area contributed by atoms with Crippen LogP contribution in [-0.4, -0.2) is 18.0 Å². The fourth-order valence-electron chi connectivity index (χ4n) is 9.02. The lowest BCUT2D eigenvalue weighted by Gasteiger charge is -2.56. The third kappa shape index (κ3) is 4.88. The SMILES string of the molecule is CCC(C)C(=O)OC1C2CC3CC1CC(C2)C3C(=O)OC(C)(C)c1ccc2cc3cc4cc5ccccc5cc4cc3cc2c1. The Morgan fingerprint density at radius 1 is 0.689 bits per heavy atom. The van der Waals surface area contributed by atoms with Crippen molar-refractivity contribution in [3.63, 3.8) is 0 Å². The van der Waals surface area contributed by atoms with Gasteiger partial charge in [-0.05, 0) is 161 Å². The number of esters is 2. The topological polar surface area (TPSA) is 52.6 Å². The smallest absolute Gasteiger partial charge is 0.310 e. The molecular formula is C41H42O4. The van der Waals surface area contributed by atoms with Crippen LogP contribution in [0, 0.1) is 35.5 Å². The minimum Gasteiger partial charge on any atom is -0.462 e. The van der Waals surface area contributed by atoms with E-state index in [0.717, 1.165) is 43.1 Å². The summed E-state index contributed by atoms with van der Waals surface area (Å²) in [7, 11) is 0. The molecule has 0 spiro atoms. The second kappa shape index (κ2) is 10.6. The molecule has 4 bridgehead atoms. The van der Waals surface area contributed by atoms with Crippen LogP contribution in [0.3, 0.4) is 0 Å². The molecule has 0 amide bonds. The molecule has 0 heterocycles. The van der Waals surface area contributed by atoms with Crippen LogP contribution in [-0.2, 0) is 24.7 Å². The lowest BCUT2D eigenvalue weighted by Crippen LogP contribution is -2.56.